The molecule has 0 aliphatic heterocycles. The van der Waals surface area contributed by atoms with Gasteiger partial charge in [-0.1, -0.05) is 6.92 Å². The van der Waals surface area contributed by atoms with Crippen molar-refractivity contribution < 1.29 is 18.3 Å². The molecule has 0 aromatic carbocycles. The standard InChI is InChI=1S/C11H16N2O4S/c1-2-13(9-10-3-6-12-7-4-10)18(16,17)8-5-11(14)15/h3-4,6-7H,2,5,8-9H2,1H3,(H,14,15). The van der Waals surface area contributed by atoms with Crippen molar-refractivity contribution in [1.82, 2.24) is 9.29 Å². The second-order valence-corrected chi connectivity index (χ2v) is 5.83. The fourth-order valence-corrected chi connectivity index (χ4v) is 2.87. The van der Waals surface area contributed by atoms with E-state index in [-0.39, 0.29) is 18.7 Å². The van der Waals surface area contributed by atoms with E-state index >= 15 is 0 Å². The van der Waals surface area contributed by atoms with E-state index < -0.39 is 16.0 Å². The lowest BCUT2D eigenvalue weighted by Crippen LogP contribution is -2.33. The molecule has 0 aliphatic carbocycles. The SMILES string of the molecule is CCN(Cc1ccncc1)S(=O)(=O)CCC(=O)O. The summed E-state index contributed by atoms with van der Waals surface area (Å²) in [5, 5.41) is 8.53. The van der Waals surface area contributed by atoms with Crippen molar-refractivity contribution >= 4 is 16.0 Å². The molecule has 0 aliphatic rings. The Bertz CT molecular complexity index is 487. The average molecular weight is 272 g/mol. The predicted molar refractivity (Wildman–Crippen MR) is 66.4 cm³/mol. The summed E-state index contributed by atoms with van der Waals surface area (Å²) < 4.78 is 25.1. The van der Waals surface area contributed by atoms with E-state index in [1.807, 2.05) is 0 Å². The number of aromatic nitrogens is 1. The van der Waals surface area contributed by atoms with Crippen molar-refractivity contribution in [2.45, 2.75) is 19.9 Å². The van der Waals surface area contributed by atoms with Gasteiger partial charge in [0.15, 0.2) is 0 Å². The molecule has 0 unspecified atom stereocenters. The lowest BCUT2D eigenvalue weighted by Gasteiger charge is -2.20. The number of carboxylic acid groups (broad SMARTS) is 1. The van der Waals surface area contributed by atoms with Crippen LogP contribution in [0, 0.1) is 0 Å². The van der Waals surface area contributed by atoms with Crippen LogP contribution in [0.3, 0.4) is 0 Å². The zero-order chi connectivity index (χ0) is 13.6. The molecular formula is C11H16N2O4S. The summed E-state index contributed by atoms with van der Waals surface area (Å²) in [6, 6.07) is 3.46. The molecule has 18 heavy (non-hydrogen) atoms. The van der Waals surface area contributed by atoms with Crippen LogP contribution in [0.1, 0.15) is 18.9 Å². The van der Waals surface area contributed by atoms with Crippen molar-refractivity contribution in [3.05, 3.63) is 30.1 Å². The monoisotopic (exact) mass is 272 g/mol. The number of pyridine rings is 1. The molecule has 0 fully saturated rings. The molecule has 0 bridgehead atoms. The fourth-order valence-electron chi connectivity index (χ4n) is 1.44. The minimum Gasteiger partial charge on any atom is -0.481 e. The first-order valence-corrected chi connectivity index (χ1v) is 7.15. The van der Waals surface area contributed by atoms with Gasteiger partial charge in [0.25, 0.3) is 0 Å². The Hall–Kier alpha value is -1.47. The normalized spacial score (nSPS) is 11.7. The van der Waals surface area contributed by atoms with Crippen molar-refractivity contribution in [2.75, 3.05) is 12.3 Å². The van der Waals surface area contributed by atoms with Crippen molar-refractivity contribution in [3.63, 3.8) is 0 Å². The van der Waals surface area contributed by atoms with Crippen LogP contribution in [0.2, 0.25) is 0 Å². The summed E-state index contributed by atoms with van der Waals surface area (Å²) in [6.07, 6.45) is 2.80. The number of nitrogens with zero attached hydrogens (tertiary/aromatic N) is 2. The molecular weight excluding hydrogens is 256 g/mol. The Morgan fingerprint density at radius 1 is 1.39 bits per heavy atom. The molecule has 0 radical (unpaired) electrons. The first-order valence-electron chi connectivity index (χ1n) is 5.54. The number of rotatable bonds is 7. The van der Waals surface area contributed by atoms with E-state index in [1.54, 1.807) is 31.5 Å². The van der Waals surface area contributed by atoms with Crippen LogP contribution in [0.15, 0.2) is 24.5 Å². The predicted octanol–water partition coefficient (Wildman–Crippen LogP) is 0.708. The largest absolute Gasteiger partial charge is 0.481 e. The van der Waals surface area contributed by atoms with Gasteiger partial charge >= 0.3 is 5.97 Å². The first-order chi connectivity index (χ1) is 8.45. The quantitative estimate of drug-likeness (QED) is 0.789. The molecule has 0 amide bonds. The Balaban J connectivity index is 2.74. The Morgan fingerprint density at radius 2 is 2.00 bits per heavy atom. The lowest BCUT2D eigenvalue weighted by atomic mass is 10.3. The molecule has 1 aromatic rings. The van der Waals surface area contributed by atoms with E-state index in [0.29, 0.717) is 6.54 Å². The van der Waals surface area contributed by atoms with Crippen LogP contribution >= 0.6 is 0 Å². The number of carbonyl (C=O) groups is 1. The molecule has 100 valence electrons. The third-order valence-electron chi connectivity index (χ3n) is 2.43. The van der Waals surface area contributed by atoms with E-state index in [1.165, 1.54) is 4.31 Å². The molecule has 0 spiro atoms. The Morgan fingerprint density at radius 3 is 2.50 bits per heavy atom. The second-order valence-electron chi connectivity index (χ2n) is 3.74. The maximum atomic E-state index is 11.9. The molecule has 0 saturated carbocycles. The number of aliphatic carboxylic acids is 1. The highest BCUT2D eigenvalue weighted by Crippen LogP contribution is 2.09. The fraction of sp³-hybridized carbons (Fsp3) is 0.455. The maximum absolute atomic E-state index is 11.9. The lowest BCUT2D eigenvalue weighted by molar-refractivity contribution is -0.136. The topological polar surface area (TPSA) is 87.6 Å². The van der Waals surface area contributed by atoms with Crippen molar-refractivity contribution in [1.29, 1.82) is 0 Å². The molecule has 1 heterocycles. The van der Waals surface area contributed by atoms with Gasteiger partial charge in [-0.3, -0.25) is 9.78 Å². The molecule has 0 atom stereocenters. The third-order valence-corrected chi connectivity index (χ3v) is 4.32. The van der Waals surface area contributed by atoms with Crippen LogP contribution in [-0.4, -0.2) is 41.1 Å². The highest BCUT2D eigenvalue weighted by Gasteiger charge is 2.21. The van der Waals surface area contributed by atoms with Gasteiger partial charge in [-0.2, -0.15) is 4.31 Å². The maximum Gasteiger partial charge on any atom is 0.304 e. The van der Waals surface area contributed by atoms with Crippen LogP contribution in [0.5, 0.6) is 0 Å². The van der Waals surface area contributed by atoms with Gasteiger partial charge in [0.2, 0.25) is 10.0 Å². The van der Waals surface area contributed by atoms with Crippen LogP contribution < -0.4 is 0 Å². The highest BCUT2D eigenvalue weighted by molar-refractivity contribution is 7.89. The molecule has 7 heteroatoms. The summed E-state index contributed by atoms with van der Waals surface area (Å²) >= 11 is 0. The molecule has 1 rings (SSSR count). The molecule has 6 nitrogen and oxygen atoms in total. The van der Waals surface area contributed by atoms with Crippen LogP contribution in [0.4, 0.5) is 0 Å². The van der Waals surface area contributed by atoms with Crippen LogP contribution in [-0.2, 0) is 21.4 Å². The summed E-state index contributed by atoms with van der Waals surface area (Å²) in [7, 11) is -3.53. The Kier molecular flexibility index (Phi) is 5.24. The van der Waals surface area contributed by atoms with Gasteiger partial charge in [-0.25, -0.2) is 8.42 Å². The number of sulfonamides is 1. The zero-order valence-corrected chi connectivity index (χ0v) is 10.9. The number of hydrogen-bond acceptors (Lipinski definition) is 4. The molecule has 1 aromatic heterocycles. The second kappa shape index (κ2) is 6.46. The van der Waals surface area contributed by atoms with Crippen molar-refractivity contribution in [3.8, 4) is 0 Å². The van der Waals surface area contributed by atoms with Gasteiger partial charge in [0.1, 0.15) is 0 Å². The van der Waals surface area contributed by atoms with Gasteiger partial charge < -0.3 is 5.11 Å². The average Bonchev–Trinajstić information content (AvgIpc) is 2.34. The summed E-state index contributed by atoms with van der Waals surface area (Å²) in [5.41, 5.74) is 0.825. The Labute approximate surface area is 106 Å². The minimum atomic E-state index is -3.53. The van der Waals surface area contributed by atoms with Gasteiger partial charge in [0.05, 0.1) is 12.2 Å². The third kappa shape index (κ3) is 4.42. The van der Waals surface area contributed by atoms with E-state index in [9.17, 15) is 13.2 Å². The van der Waals surface area contributed by atoms with Crippen LogP contribution in [0.25, 0.3) is 0 Å². The van der Waals surface area contributed by atoms with Gasteiger partial charge in [-0.15, -0.1) is 0 Å². The van der Waals surface area contributed by atoms with Crippen molar-refractivity contribution in [2.24, 2.45) is 0 Å². The summed E-state index contributed by atoms with van der Waals surface area (Å²) in [6.45, 7) is 2.27. The number of hydrogen-bond donors (Lipinski definition) is 1. The number of carboxylic acids is 1. The highest BCUT2D eigenvalue weighted by atomic mass is 32.2. The minimum absolute atomic E-state index is 0.237. The smallest absolute Gasteiger partial charge is 0.304 e. The molecule has 0 saturated heterocycles. The molecule has 1 N–H and O–H groups in total. The van der Waals surface area contributed by atoms with E-state index in [2.05, 4.69) is 4.98 Å². The summed E-state index contributed by atoms with van der Waals surface area (Å²) in [4.78, 5) is 14.3. The zero-order valence-electron chi connectivity index (χ0n) is 10.1. The first kappa shape index (κ1) is 14.6. The van der Waals surface area contributed by atoms with E-state index in [0.717, 1.165) is 5.56 Å². The van der Waals surface area contributed by atoms with Gasteiger partial charge in [0, 0.05) is 25.5 Å². The van der Waals surface area contributed by atoms with Gasteiger partial charge in [-0.05, 0) is 17.7 Å². The summed E-state index contributed by atoms with van der Waals surface area (Å²) in [5.74, 6) is -1.49. The van der Waals surface area contributed by atoms with E-state index in [4.69, 9.17) is 5.11 Å².